The van der Waals surface area contributed by atoms with Crippen LogP contribution in [0.1, 0.15) is 37.5 Å². The average molecular weight is 566 g/mol. The monoisotopic (exact) mass is 565 g/mol. The highest BCUT2D eigenvalue weighted by molar-refractivity contribution is 7.80. The van der Waals surface area contributed by atoms with E-state index in [1.54, 1.807) is 25.3 Å². The Balaban J connectivity index is 0.000000675. The number of nitrogens with one attached hydrogen (secondary N) is 1. The van der Waals surface area contributed by atoms with E-state index >= 15 is 0 Å². The second kappa shape index (κ2) is 19.3. The Labute approximate surface area is 244 Å². The number of benzene rings is 3. The molecule has 0 heterocycles. The number of hydrogen-bond donors (Lipinski definition) is 5. The Morgan fingerprint density at radius 2 is 1.57 bits per heavy atom. The standard InChI is InChI=1S/C22H29N5O3.C7H8S.C2H6/c1-2-30-22(29)20(12-16-6-4-3-5-7-16)21(28)26-19-10-8-17(9-11-19)14-27(25)15-18(24)13-23;1-6-2-4-7(8)5-3-6;1-2/h3-11,15,20H,2,12-14,23-25H2,1H3,(H,26,28);2-5,8H,1H3;1-2H3/b18-15-;;. The SMILES string of the molecule is CC.CCOC(=O)C(Cc1ccccc1)C(=O)Nc1ccc(CN(N)/C=C(\N)CN)cc1.Cc1ccc(S)cc1. The number of nitrogens with zero attached hydrogens (tertiary/aromatic N) is 1. The largest absolute Gasteiger partial charge is 0.465 e. The van der Waals surface area contributed by atoms with E-state index in [1.165, 1.54) is 10.6 Å². The van der Waals surface area contributed by atoms with E-state index in [4.69, 9.17) is 22.0 Å². The highest BCUT2D eigenvalue weighted by atomic mass is 32.1. The summed E-state index contributed by atoms with van der Waals surface area (Å²) in [6.07, 6.45) is 1.84. The first kappa shape index (κ1) is 34.2. The fraction of sp³-hybridized carbons (Fsp3) is 0.290. The van der Waals surface area contributed by atoms with Crippen molar-refractivity contribution < 1.29 is 14.3 Å². The Hall–Kier alpha value is -3.79. The summed E-state index contributed by atoms with van der Waals surface area (Å²) >= 11 is 4.13. The van der Waals surface area contributed by atoms with Crippen LogP contribution in [0.3, 0.4) is 0 Å². The number of hydrogen-bond acceptors (Lipinski definition) is 8. The predicted molar refractivity (Wildman–Crippen MR) is 166 cm³/mol. The van der Waals surface area contributed by atoms with Crippen molar-refractivity contribution in [2.24, 2.45) is 23.2 Å². The maximum atomic E-state index is 12.8. The van der Waals surface area contributed by atoms with E-state index in [0.717, 1.165) is 16.0 Å². The minimum atomic E-state index is -0.934. The van der Waals surface area contributed by atoms with Gasteiger partial charge in [0.1, 0.15) is 5.92 Å². The zero-order chi connectivity index (χ0) is 29.9. The number of rotatable bonds is 10. The first-order valence-electron chi connectivity index (χ1n) is 13.2. The van der Waals surface area contributed by atoms with E-state index in [-0.39, 0.29) is 19.6 Å². The molecule has 0 spiro atoms. The van der Waals surface area contributed by atoms with Gasteiger partial charge in [-0.15, -0.1) is 12.6 Å². The van der Waals surface area contributed by atoms with Gasteiger partial charge in [-0.1, -0.05) is 74.0 Å². The lowest BCUT2D eigenvalue weighted by atomic mass is 9.98. The van der Waals surface area contributed by atoms with E-state index in [2.05, 4.69) is 24.9 Å². The topological polar surface area (TPSA) is 137 Å². The predicted octanol–water partition coefficient (Wildman–Crippen LogP) is 4.79. The Kier molecular flexibility index (Phi) is 16.5. The van der Waals surface area contributed by atoms with Crippen molar-refractivity contribution in [1.29, 1.82) is 0 Å². The minimum absolute atomic E-state index is 0.213. The second-order valence-electron chi connectivity index (χ2n) is 8.60. The van der Waals surface area contributed by atoms with E-state index < -0.39 is 17.8 Å². The van der Waals surface area contributed by atoms with E-state index in [9.17, 15) is 9.59 Å². The minimum Gasteiger partial charge on any atom is -0.465 e. The summed E-state index contributed by atoms with van der Waals surface area (Å²) in [5, 5.41) is 4.23. The normalized spacial score (nSPS) is 11.1. The van der Waals surface area contributed by atoms with Crippen LogP contribution in [-0.4, -0.2) is 30.0 Å². The summed E-state index contributed by atoms with van der Waals surface area (Å²) < 4.78 is 5.10. The van der Waals surface area contributed by atoms with Crippen LogP contribution in [-0.2, 0) is 27.3 Å². The van der Waals surface area contributed by atoms with Gasteiger partial charge < -0.3 is 26.5 Å². The molecule has 3 aromatic carbocycles. The van der Waals surface area contributed by atoms with E-state index in [0.29, 0.717) is 17.9 Å². The number of esters is 1. The summed E-state index contributed by atoms with van der Waals surface area (Å²) in [6.45, 7) is 8.64. The summed E-state index contributed by atoms with van der Waals surface area (Å²) in [5.41, 5.74) is 15.2. The maximum absolute atomic E-state index is 12.8. The van der Waals surface area contributed by atoms with Crippen molar-refractivity contribution in [2.75, 3.05) is 18.5 Å². The Morgan fingerprint density at radius 3 is 2.10 bits per heavy atom. The number of anilines is 1. The molecule has 7 N–H and O–H groups in total. The zero-order valence-corrected chi connectivity index (χ0v) is 24.7. The van der Waals surface area contributed by atoms with Gasteiger partial charge >= 0.3 is 5.97 Å². The molecular weight excluding hydrogens is 522 g/mol. The molecule has 1 atom stereocenters. The summed E-state index contributed by atoms with van der Waals surface area (Å²) in [7, 11) is 0. The van der Waals surface area contributed by atoms with Crippen LogP contribution in [0.15, 0.2) is 95.7 Å². The molecule has 1 unspecified atom stereocenters. The number of carbonyl (C=O) groups is 2. The Bertz CT molecular complexity index is 1150. The molecule has 0 bridgehead atoms. The molecule has 8 nitrogen and oxygen atoms in total. The van der Waals surface area contributed by atoms with Crippen molar-refractivity contribution in [3.05, 3.63) is 107 Å². The van der Waals surface area contributed by atoms with Crippen LogP contribution in [0.5, 0.6) is 0 Å². The smallest absolute Gasteiger partial charge is 0.318 e. The molecule has 3 rings (SSSR count). The number of ether oxygens (including phenoxy) is 1. The van der Waals surface area contributed by atoms with Crippen molar-refractivity contribution in [1.82, 2.24) is 5.01 Å². The zero-order valence-electron chi connectivity index (χ0n) is 23.8. The van der Waals surface area contributed by atoms with Crippen LogP contribution in [0, 0.1) is 12.8 Å². The van der Waals surface area contributed by atoms with Gasteiger partial charge in [0.25, 0.3) is 0 Å². The number of thiol groups is 1. The van der Waals surface area contributed by atoms with Gasteiger partial charge in [-0.25, -0.2) is 5.84 Å². The molecule has 9 heteroatoms. The fourth-order valence-corrected chi connectivity index (χ4v) is 3.51. The number of aryl methyl sites for hydroxylation is 1. The molecule has 0 aliphatic heterocycles. The third-order valence-corrected chi connectivity index (χ3v) is 5.66. The summed E-state index contributed by atoms with van der Waals surface area (Å²) in [5.74, 6) is 3.99. The van der Waals surface area contributed by atoms with Crippen LogP contribution in [0.4, 0.5) is 5.69 Å². The highest BCUT2D eigenvalue weighted by Gasteiger charge is 2.28. The van der Waals surface area contributed by atoms with Crippen LogP contribution < -0.4 is 22.6 Å². The summed E-state index contributed by atoms with van der Waals surface area (Å²) in [4.78, 5) is 26.1. The van der Waals surface area contributed by atoms with Crippen molar-refractivity contribution >= 4 is 30.2 Å². The van der Waals surface area contributed by atoms with Gasteiger partial charge in [0.2, 0.25) is 5.91 Å². The fourth-order valence-electron chi connectivity index (χ4n) is 3.37. The maximum Gasteiger partial charge on any atom is 0.318 e. The molecule has 0 saturated carbocycles. The molecule has 3 aromatic rings. The van der Waals surface area contributed by atoms with Gasteiger partial charge in [-0.3, -0.25) is 9.59 Å². The molecule has 0 aliphatic carbocycles. The molecule has 0 fully saturated rings. The molecular formula is C31H43N5O3S. The number of carbonyl (C=O) groups excluding carboxylic acids is 2. The van der Waals surface area contributed by atoms with Gasteiger partial charge in [-0.05, 0) is 55.7 Å². The van der Waals surface area contributed by atoms with Crippen molar-refractivity contribution in [2.45, 2.75) is 45.6 Å². The van der Waals surface area contributed by atoms with Gasteiger partial charge in [0.05, 0.1) is 13.2 Å². The molecule has 40 heavy (non-hydrogen) atoms. The van der Waals surface area contributed by atoms with Gasteiger partial charge in [-0.2, -0.15) is 0 Å². The second-order valence-corrected chi connectivity index (χ2v) is 9.11. The molecule has 216 valence electrons. The van der Waals surface area contributed by atoms with Crippen LogP contribution >= 0.6 is 12.6 Å². The lowest BCUT2D eigenvalue weighted by molar-refractivity contribution is -0.150. The van der Waals surface area contributed by atoms with Gasteiger partial charge in [0, 0.05) is 29.0 Å². The highest BCUT2D eigenvalue weighted by Crippen LogP contribution is 2.16. The third-order valence-electron chi connectivity index (χ3n) is 5.36. The van der Waals surface area contributed by atoms with Gasteiger partial charge in [0.15, 0.2) is 0 Å². The summed E-state index contributed by atoms with van der Waals surface area (Å²) in [6, 6.07) is 24.6. The molecule has 0 saturated heterocycles. The first-order valence-corrected chi connectivity index (χ1v) is 13.7. The lowest BCUT2D eigenvalue weighted by Gasteiger charge is -2.17. The average Bonchev–Trinajstić information content (AvgIpc) is 2.96. The van der Waals surface area contributed by atoms with Crippen molar-refractivity contribution in [3.8, 4) is 0 Å². The Morgan fingerprint density at radius 1 is 0.975 bits per heavy atom. The molecule has 0 radical (unpaired) electrons. The third kappa shape index (κ3) is 13.3. The van der Waals surface area contributed by atoms with E-state index in [1.807, 2.05) is 80.6 Å². The number of nitrogens with two attached hydrogens (primary N) is 3. The quantitative estimate of drug-likeness (QED) is 0.0784. The van der Waals surface area contributed by atoms with Crippen LogP contribution in [0.2, 0.25) is 0 Å². The van der Waals surface area contributed by atoms with Crippen LogP contribution in [0.25, 0.3) is 0 Å². The molecule has 0 aromatic heterocycles. The van der Waals surface area contributed by atoms with Crippen molar-refractivity contribution in [3.63, 3.8) is 0 Å². The number of hydrazine groups is 1. The lowest BCUT2D eigenvalue weighted by Crippen LogP contribution is -2.33. The first-order chi connectivity index (χ1) is 19.2. The molecule has 1 amide bonds. The number of amides is 1. The molecule has 0 aliphatic rings.